The monoisotopic (exact) mass is 809 g/mol. The number of carbonyl (C=O) groups excluding carboxylic acids is 3. The van der Waals surface area contributed by atoms with Gasteiger partial charge >= 0.3 is 5.97 Å². The normalized spacial score (nSPS) is 32.5. The molecule has 1 aliphatic carbocycles. The molecule has 0 spiro atoms. The summed E-state index contributed by atoms with van der Waals surface area (Å²) >= 11 is 6.43. The van der Waals surface area contributed by atoms with Crippen LogP contribution in [0.5, 0.6) is 0 Å². The number of likely N-dealkylation sites (tertiary alicyclic amines) is 1. The molecule has 1 saturated carbocycles. The first kappa shape index (κ1) is 48.2. The number of allylic oxidation sites excluding steroid dienone is 4. The lowest BCUT2D eigenvalue weighted by Gasteiger charge is -2.47. The molecule has 4 N–H and O–H groups in total. The minimum Gasteiger partial charge on any atom is -0.480 e. The van der Waals surface area contributed by atoms with E-state index in [1.165, 1.54) is 5.57 Å². The van der Waals surface area contributed by atoms with Crippen LogP contribution in [-0.4, -0.2) is 105 Å². The van der Waals surface area contributed by atoms with E-state index in [2.05, 4.69) is 26.8 Å². The van der Waals surface area contributed by atoms with Gasteiger partial charge < -0.3 is 34.8 Å². The molecule has 0 unspecified atom stereocenters. The van der Waals surface area contributed by atoms with Crippen LogP contribution >= 0.6 is 11.6 Å². The van der Waals surface area contributed by atoms with Crippen LogP contribution in [0.2, 0.25) is 0 Å². The molecule has 14 atom stereocenters. The van der Waals surface area contributed by atoms with E-state index in [0.29, 0.717) is 38.0 Å². The number of Topliss-reactive ketones (excluding diaryl/α,β-unsaturated/α-hetero) is 2. The second-order valence-electron chi connectivity index (χ2n) is 17.7. The molecule has 2 saturated heterocycles. The van der Waals surface area contributed by atoms with E-state index in [-0.39, 0.29) is 85.2 Å². The van der Waals surface area contributed by atoms with Gasteiger partial charge in [-0.15, -0.1) is 11.6 Å². The fraction of sp³-hybridized carbons (Fsp3) is 0.818. The number of carboxylic acids is 1. The molecule has 3 aliphatic rings. The molecule has 3 fully saturated rings. The van der Waals surface area contributed by atoms with Crippen molar-refractivity contribution in [3.8, 4) is 0 Å². The third kappa shape index (κ3) is 12.2. The summed E-state index contributed by atoms with van der Waals surface area (Å²) in [5.74, 6) is -7.06. The number of rotatable bonds is 19. The smallest absolute Gasteiger partial charge is 0.326 e. The quantitative estimate of drug-likeness (QED) is 0.0624. The number of amides is 1. The van der Waals surface area contributed by atoms with Gasteiger partial charge in [-0.2, -0.15) is 0 Å². The van der Waals surface area contributed by atoms with Crippen LogP contribution in [0.1, 0.15) is 126 Å². The molecule has 56 heavy (non-hydrogen) atoms. The maximum absolute atomic E-state index is 13.6. The molecule has 0 aromatic rings. The predicted molar refractivity (Wildman–Crippen MR) is 217 cm³/mol. The van der Waals surface area contributed by atoms with Gasteiger partial charge in [-0.05, 0) is 108 Å². The Morgan fingerprint density at radius 2 is 1.71 bits per heavy atom. The van der Waals surface area contributed by atoms with Crippen LogP contribution in [0, 0.1) is 47.3 Å². The average molecular weight is 811 g/mol. The summed E-state index contributed by atoms with van der Waals surface area (Å²) in [5, 5.41) is 42.9. The standard InChI is InChI=1S/C44H72ClNO10/c1-10-33(38(49)23-37(48)31(8)30(7)27(4)20-32-14-15-35(45)39(22-32)55-9)19-26(3)17-25(2)18-28(5)40-34(24-47)21-29(6)44(54,56-40)41(50)42(51)46-16-12-11-13-36(46)43(52)53/h19-20,25,28-37,39-40,47-48,54H,10-18,21-24H2,1-9H3,(H,52,53)/t25-,28-,29+,30+,31-,32-,33+,34+,35-,36-,37-,39+,40+,44+/m0/s1. The van der Waals surface area contributed by atoms with E-state index in [1.807, 2.05) is 33.8 Å². The zero-order valence-electron chi connectivity index (χ0n) is 35.4. The maximum Gasteiger partial charge on any atom is 0.326 e. The van der Waals surface area contributed by atoms with Gasteiger partial charge in [-0.25, -0.2) is 4.79 Å². The number of methoxy groups -OCH3 is 1. The minimum absolute atomic E-state index is 0.0117. The third-order valence-electron chi connectivity index (χ3n) is 13.3. The lowest BCUT2D eigenvalue weighted by Crippen LogP contribution is -2.62. The molecule has 2 heterocycles. The van der Waals surface area contributed by atoms with E-state index < -0.39 is 47.6 Å². The molecule has 1 amide bonds. The Balaban J connectivity index is 1.60. The highest BCUT2D eigenvalue weighted by atomic mass is 35.5. The summed E-state index contributed by atoms with van der Waals surface area (Å²) in [4.78, 5) is 53.4. The van der Waals surface area contributed by atoms with Crippen LogP contribution in [0.4, 0.5) is 0 Å². The summed E-state index contributed by atoms with van der Waals surface area (Å²) in [6, 6.07) is -1.13. The third-order valence-corrected chi connectivity index (χ3v) is 13.8. The van der Waals surface area contributed by atoms with Crippen molar-refractivity contribution in [2.75, 3.05) is 20.3 Å². The van der Waals surface area contributed by atoms with Gasteiger partial charge in [0, 0.05) is 44.4 Å². The summed E-state index contributed by atoms with van der Waals surface area (Å²) in [6.07, 6.45) is 9.33. The topological polar surface area (TPSA) is 171 Å². The molecule has 12 heteroatoms. The molecule has 11 nitrogen and oxygen atoms in total. The minimum atomic E-state index is -2.44. The number of carbonyl (C=O) groups is 4. The van der Waals surface area contributed by atoms with Gasteiger partial charge in [0.25, 0.3) is 11.7 Å². The highest BCUT2D eigenvalue weighted by molar-refractivity contribution is 6.39. The predicted octanol–water partition coefficient (Wildman–Crippen LogP) is 6.73. The van der Waals surface area contributed by atoms with Gasteiger partial charge in [0.05, 0.1) is 23.7 Å². The Labute approximate surface area is 340 Å². The molecule has 3 rings (SSSR count). The van der Waals surface area contributed by atoms with Gasteiger partial charge in [0.2, 0.25) is 5.79 Å². The Hall–Kier alpha value is -2.15. The summed E-state index contributed by atoms with van der Waals surface area (Å²) in [6.45, 7) is 15.7. The number of hydrogen-bond donors (Lipinski definition) is 4. The largest absolute Gasteiger partial charge is 0.480 e. The Kier molecular flexibility index (Phi) is 18.7. The number of carboxylic acid groups (broad SMARTS) is 1. The second-order valence-corrected chi connectivity index (χ2v) is 18.3. The fourth-order valence-corrected chi connectivity index (χ4v) is 9.84. The van der Waals surface area contributed by atoms with Crippen LogP contribution < -0.4 is 0 Å². The van der Waals surface area contributed by atoms with Crippen molar-refractivity contribution in [2.45, 2.75) is 162 Å². The Bertz CT molecular complexity index is 1400. The highest BCUT2D eigenvalue weighted by Gasteiger charge is 2.55. The second kappa shape index (κ2) is 21.7. The summed E-state index contributed by atoms with van der Waals surface area (Å²) < 4.78 is 11.7. The number of hydrogen-bond acceptors (Lipinski definition) is 9. The van der Waals surface area contributed by atoms with Crippen molar-refractivity contribution in [3.05, 3.63) is 23.3 Å². The number of alkyl halides is 1. The first-order valence-electron chi connectivity index (χ1n) is 21.1. The van der Waals surface area contributed by atoms with E-state index in [1.54, 1.807) is 14.0 Å². The molecule has 320 valence electrons. The van der Waals surface area contributed by atoms with Crippen molar-refractivity contribution >= 4 is 35.0 Å². The van der Waals surface area contributed by atoms with Crippen LogP contribution in [0.3, 0.4) is 0 Å². The summed E-state index contributed by atoms with van der Waals surface area (Å²) in [5.41, 5.74) is 2.25. The zero-order valence-corrected chi connectivity index (χ0v) is 36.2. The van der Waals surface area contributed by atoms with Crippen LogP contribution in [-0.2, 0) is 28.7 Å². The van der Waals surface area contributed by atoms with Gasteiger partial charge in [0.15, 0.2) is 0 Å². The van der Waals surface area contributed by atoms with Crippen LogP contribution in [0.15, 0.2) is 23.3 Å². The SMILES string of the molecule is CC[C@H](C=C(C)C[C@H](C)C[C@H](C)[C@H]1O[C@@](O)(C(=O)C(=O)N2CCCC[C@H]2C(=O)O)[C@H](C)C[C@@H]1CO)C(=O)C[C@H](O)[C@@H](C)[C@H](C)C(C)=C[C@@H]1CC[C@H](Cl)[C@H](OC)C1. The summed E-state index contributed by atoms with van der Waals surface area (Å²) in [7, 11) is 1.71. The molecular formula is C44H72ClNO10. The van der Waals surface area contributed by atoms with Gasteiger partial charge in [-0.3, -0.25) is 14.4 Å². The number of aliphatic hydroxyl groups is 3. The number of aliphatic carboxylic acids is 1. The van der Waals surface area contributed by atoms with Gasteiger partial charge in [-0.1, -0.05) is 64.8 Å². The molecule has 2 aliphatic heterocycles. The Morgan fingerprint density at radius 1 is 1.04 bits per heavy atom. The number of halogens is 1. The molecular weight excluding hydrogens is 738 g/mol. The number of piperidine rings is 1. The van der Waals surface area contributed by atoms with Crippen LogP contribution in [0.25, 0.3) is 0 Å². The maximum atomic E-state index is 13.6. The van der Waals surface area contributed by atoms with E-state index >= 15 is 0 Å². The van der Waals surface area contributed by atoms with Crippen molar-refractivity contribution < 1.29 is 49.1 Å². The molecule has 0 bridgehead atoms. The molecule has 0 aromatic carbocycles. The van der Waals surface area contributed by atoms with E-state index in [0.717, 1.165) is 29.7 Å². The molecule has 0 radical (unpaired) electrons. The van der Waals surface area contributed by atoms with Crippen molar-refractivity contribution in [1.82, 2.24) is 4.90 Å². The average Bonchev–Trinajstić information content (AvgIpc) is 3.16. The first-order chi connectivity index (χ1) is 26.3. The lowest BCUT2D eigenvalue weighted by molar-refractivity contribution is -0.286. The molecule has 0 aromatic heterocycles. The van der Waals surface area contributed by atoms with E-state index in [9.17, 15) is 39.6 Å². The number of ether oxygens (including phenoxy) is 2. The highest BCUT2D eigenvalue weighted by Crippen LogP contribution is 2.41. The number of ketones is 2. The first-order valence-corrected chi connectivity index (χ1v) is 21.5. The van der Waals surface area contributed by atoms with Crippen molar-refractivity contribution in [2.24, 2.45) is 47.3 Å². The van der Waals surface area contributed by atoms with Crippen molar-refractivity contribution in [3.63, 3.8) is 0 Å². The Morgan fingerprint density at radius 3 is 2.32 bits per heavy atom. The zero-order chi connectivity index (χ0) is 42.1. The fourth-order valence-electron chi connectivity index (χ4n) is 9.50. The lowest BCUT2D eigenvalue weighted by atomic mass is 9.75. The number of aliphatic hydroxyl groups excluding tert-OH is 2. The van der Waals surface area contributed by atoms with Crippen molar-refractivity contribution in [1.29, 1.82) is 0 Å². The number of nitrogens with zero attached hydrogens (tertiary/aromatic N) is 1. The van der Waals surface area contributed by atoms with E-state index in [4.69, 9.17) is 21.1 Å². The van der Waals surface area contributed by atoms with Gasteiger partial charge in [0.1, 0.15) is 11.8 Å².